The van der Waals surface area contributed by atoms with Crippen LogP contribution in [-0.4, -0.2) is 51.9 Å². The molecule has 0 aliphatic carbocycles. The number of carbonyl (C=O) groups is 3. The molecule has 8 nitrogen and oxygen atoms in total. The summed E-state index contributed by atoms with van der Waals surface area (Å²) in [6.07, 6.45) is 1.27. The van der Waals surface area contributed by atoms with Crippen LogP contribution in [0.5, 0.6) is 0 Å². The summed E-state index contributed by atoms with van der Waals surface area (Å²) in [6.45, 7) is 0.515. The normalized spacial score (nSPS) is 17.4. The Morgan fingerprint density at radius 1 is 1.15 bits per heavy atom. The SMILES string of the molecule is COC(=O)C1=C(C(=O)OC)N(c2cc(N3CCCC3=O)ccc2Cl)COC1. The summed E-state index contributed by atoms with van der Waals surface area (Å²) >= 11 is 6.36. The first-order valence-corrected chi connectivity index (χ1v) is 8.70. The van der Waals surface area contributed by atoms with E-state index in [4.69, 9.17) is 25.8 Å². The second-order valence-corrected chi connectivity index (χ2v) is 6.41. The van der Waals surface area contributed by atoms with E-state index >= 15 is 0 Å². The predicted molar refractivity (Wildman–Crippen MR) is 97.4 cm³/mol. The van der Waals surface area contributed by atoms with Crippen molar-refractivity contribution in [2.45, 2.75) is 12.8 Å². The van der Waals surface area contributed by atoms with Crippen LogP contribution in [0, 0.1) is 0 Å². The van der Waals surface area contributed by atoms with Crippen LogP contribution in [0.2, 0.25) is 5.02 Å². The standard InChI is InChI=1S/C18H19ClN2O6/c1-25-17(23)12-9-27-10-21(16(12)18(24)26-2)14-8-11(5-6-13(14)19)20-7-3-4-15(20)22/h5-6,8H,3-4,7,9-10H2,1-2H3. The number of hydrogen-bond donors (Lipinski definition) is 0. The number of halogens is 1. The molecule has 0 saturated carbocycles. The highest BCUT2D eigenvalue weighted by molar-refractivity contribution is 6.33. The Labute approximate surface area is 161 Å². The predicted octanol–water partition coefficient (Wildman–Crippen LogP) is 1.86. The van der Waals surface area contributed by atoms with Gasteiger partial charge in [-0.05, 0) is 24.6 Å². The summed E-state index contributed by atoms with van der Waals surface area (Å²) in [7, 11) is 2.44. The van der Waals surface area contributed by atoms with E-state index in [1.165, 1.54) is 19.1 Å². The van der Waals surface area contributed by atoms with Gasteiger partial charge in [0, 0.05) is 18.7 Å². The largest absolute Gasteiger partial charge is 0.466 e. The quantitative estimate of drug-likeness (QED) is 0.720. The topological polar surface area (TPSA) is 85.4 Å². The van der Waals surface area contributed by atoms with Gasteiger partial charge in [-0.15, -0.1) is 0 Å². The number of esters is 2. The van der Waals surface area contributed by atoms with Crippen molar-refractivity contribution in [2.75, 3.05) is 43.9 Å². The first-order valence-electron chi connectivity index (χ1n) is 8.33. The minimum absolute atomic E-state index is 0.00222. The van der Waals surface area contributed by atoms with Gasteiger partial charge in [0.1, 0.15) is 12.4 Å². The number of anilines is 2. The lowest BCUT2D eigenvalue weighted by atomic mass is 10.1. The number of ether oxygens (including phenoxy) is 3. The van der Waals surface area contributed by atoms with Gasteiger partial charge >= 0.3 is 11.9 Å². The zero-order chi connectivity index (χ0) is 19.6. The average molecular weight is 395 g/mol. The van der Waals surface area contributed by atoms with Crippen molar-refractivity contribution >= 4 is 40.8 Å². The van der Waals surface area contributed by atoms with Crippen LogP contribution in [0.4, 0.5) is 11.4 Å². The molecule has 0 aromatic heterocycles. The van der Waals surface area contributed by atoms with E-state index in [-0.39, 0.29) is 30.5 Å². The lowest BCUT2D eigenvalue weighted by molar-refractivity contribution is -0.140. The summed E-state index contributed by atoms with van der Waals surface area (Å²) in [4.78, 5) is 39.7. The molecule has 0 N–H and O–H groups in total. The smallest absolute Gasteiger partial charge is 0.355 e. The van der Waals surface area contributed by atoms with Gasteiger partial charge in [0.05, 0.1) is 37.1 Å². The molecule has 0 unspecified atom stereocenters. The summed E-state index contributed by atoms with van der Waals surface area (Å²) < 4.78 is 15.1. The van der Waals surface area contributed by atoms with Crippen molar-refractivity contribution in [3.8, 4) is 0 Å². The van der Waals surface area contributed by atoms with Gasteiger partial charge in [-0.25, -0.2) is 9.59 Å². The molecule has 1 fully saturated rings. The van der Waals surface area contributed by atoms with Crippen molar-refractivity contribution in [3.63, 3.8) is 0 Å². The Hall–Kier alpha value is -2.58. The molecule has 2 aliphatic heterocycles. The third-order valence-corrected chi connectivity index (χ3v) is 4.76. The van der Waals surface area contributed by atoms with Crippen molar-refractivity contribution in [1.82, 2.24) is 0 Å². The monoisotopic (exact) mass is 394 g/mol. The van der Waals surface area contributed by atoms with Gasteiger partial charge < -0.3 is 24.0 Å². The third kappa shape index (κ3) is 3.63. The first-order chi connectivity index (χ1) is 13.0. The van der Waals surface area contributed by atoms with Crippen molar-refractivity contribution in [2.24, 2.45) is 0 Å². The maximum absolute atomic E-state index is 12.4. The molecular weight excluding hydrogens is 376 g/mol. The van der Waals surface area contributed by atoms with Gasteiger partial charge in [-0.3, -0.25) is 4.79 Å². The highest BCUT2D eigenvalue weighted by Gasteiger charge is 2.34. The van der Waals surface area contributed by atoms with Gasteiger partial charge in [-0.2, -0.15) is 0 Å². The van der Waals surface area contributed by atoms with Crippen molar-refractivity contribution < 1.29 is 28.6 Å². The molecule has 3 rings (SSSR count). The van der Waals surface area contributed by atoms with E-state index in [0.717, 1.165) is 6.42 Å². The van der Waals surface area contributed by atoms with Gasteiger partial charge in [0.15, 0.2) is 0 Å². The highest BCUT2D eigenvalue weighted by atomic mass is 35.5. The molecule has 1 saturated heterocycles. The molecule has 0 atom stereocenters. The zero-order valence-corrected chi connectivity index (χ0v) is 15.7. The Morgan fingerprint density at radius 2 is 1.89 bits per heavy atom. The van der Waals surface area contributed by atoms with E-state index in [0.29, 0.717) is 29.4 Å². The minimum Gasteiger partial charge on any atom is -0.466 e. The molecule has 9 heteroatoms. The number of hydrogen-bond acceptors (Lipinski definition) is 7. The van der Waals surface area contributed by atoms with E-state index in [1.807, 2.05) is 0 Å². The summed E-state index contributed by atoms with van der Waals surface area (Å²) in [5.74, 6) is -1.38. The number of rotatable bonds is 4. The maximum Gasteiger partial charge on any atom is 0.355 e. The fraction of sp³-hybridized carbons (Fsp3) is 0.389. The van der Waals surface area contributed by atoms with Crippen LogP contribution in [0.3, 0.4) is 0 Å². The zero-order valence-electron chi connectivity index (χ0n) is 15.0. The second kappa shape index (κ2) is 7.98. The Bertz CT molecular complexity index is 822. The van der Waals surface area contributed by atoms with Gasteiger partial charge in [0.2, 0.25) is 5.91 Å². The van der Waals surface area contributed by atoms with E-state index in [9.17, 15) is 14.4 Å². The molecule has 0 bridgehead atoms. The molecular formula is C18H19ClN2O6. The van der Waals surface area contributed by atoms with E-state index in [2.05, 4.69) is 0 Å². The third-order valence-electron chi connectivity index (χ3n) is 4.44. The number of benzene rings is 1. The number of amides is 1. The highest BCUT2D eigenvalue weighted by Crippen LogP contribution is 2.36. The van der Waals surface area contributed by atoms with Crippen LogP contribution in [0.15, 0.2) is 29.5 Å². The van der Waals surface area contributed by atoms with E-state index < -0.39 is 11.9 Å². The minimum atomic E-state index is -0.711. The van der Waals surface area contributed by atoms with E-state index in [1.54, 1.807) is 23.1 Å². The molecule has 0 spiro atoms. The maximum atomic E-state index is 12.4. The second-order valence-electron chi connectivity index (χ2n) is 6.00. The number of nitrogens with zero attached hydrogens (tertiary/aromatic N) is 2. The Balaban J connectivity index is 2.09. The van der Waals surface area contributed by atoms with Gasteiger partial charge in [0.25, 0.3) is 0 Å². The molecule has 144 valence electrons. The van der Waals surface area contributed by atoms with Crippen LogP contribution >= 0.6 is 11.6 Å². The number of methoxy groups -OCH3 is 2. The first kappa shape index (κ1) is 19.2. The summed E-state index contributed by atoms with van der Waals surface area (Å²) in [5.41, 5.74) is 1.12. The summed E-state index contributed by atoms with van der Waals surface area (Å²) in [5, 5.41) is 0.335. The molecule has 1 amide bonds. The fourth-order valence-corrected chi connectivity index (χ4v) is 3.35. The van der Waals surface area contributed by atoms with Crippen molar-refractivity contribution in [1.29, 1.82) is 0 Å². The van der Waals surface area contributed by atoms with Gasteiger partial charge in [-0.1, -0.05) is 11.6 Å². The average Bonchev–Trinajstić information content (AvgIpc) is 3.12. The number of carbonyl (C=O) groups excluding carboxylic acids is 3. The van der Waals surface area contributed by atoms with Crippen LogP contribution in [0.1, 0.15) is 12.8 Å². The molecule has 27 heavy (non-hydrogen) atoms. The van der Waals surface area contributed by atoms with Crippen LogP contribution < -0.4 is 9.80 Å². The fourth-order valence-electron chi connectivity index (χ4n) is 3.13. The van der Waals surface area contributed by atoms with Crippen LogP contribution in [0.25, 0.3) is 0 Å². The molecule has 2 aliphatic rings. The lowest BCUT2D eigenvalue weighted by Gasteiger charge is -2.32. The van der Waals surface area contributed by atoms with Crippen molar-refractivity contribution in [3.05, 3.63) is 34.5 Å². The molecule has 2 heterocycles. The Kier molecular flexibility index (Phi) is 5.67. The molecule has 1 aromatic rings. The molecule has 1 aromatic carbocycles. The Morgan fingerprint density at radius 3 is 2.52 bits per heavy atom. The van der Waals surface area contributed by atoms with Crippen LogP contribution in [-0.2, 0) is 28.6 Å². The molecule has 0 radical (unpaired) electrons. The lowest BCUT2D eigenvalue weighted by Crippen LogP contribution is -2.39. The summed E-state index contributed by atoms with van der Waals surface area (Å²) in [6, 6.07) is 5.07.